The summed E-state index contributed by atoms with van der Waals surface area (Å²) < 4.78 is 28.1. The molecule has 7 nitrogen and oxygen atoms in total. The van der Waals surface area contributed by atoms with Crippen molar-refractivity contribution in [2.45, 2.75) is 51.0 Å². The Labute approximate surface area is 195 Å². The number of amides is 2. The molecule has 0 radical (unpaired) electrons. The number of nitrogens with zero attached hydrogens (tertiary/aromatic N) is 2. The standard InChI is InChI=1S/C25H31N3O4S/c1-17-4-8-23(9-5-17)33(31,32)26-21-10-12-27(13-11-21)25(30)20-15-24(29)28(16-20)22-7-6-18(2)19(3)14-22/h4-9,14,20-21,26H,10-13,15-16H2,1-3H3. The molecule has 176 valence electrons. The van der Waals surface area contributed by atoms with Crippen molar-refractivity contribution in [1.29, 1.82) is 0 Å². The Balaban J connectivity index is 1.33. The molecule has 0 saturated carbocycles. The van der Waals surface area contributed by atoms with Gasteiger partial charge in [0.15, 0.2) is 0 Å². The smallest absolute Gasteiger partial charge is 0.240 e. The van der Waals surface area contributed by atoms with Crippen LogP contribution in [0.5, 0.6) is 0 Å². The van der Waals surface area contributed by atoms with E-state index in [0.717, 1.165) is 16.8 Å². The van der Waals surface area contributed by atoms with Crippen molar-refractivity contribution in [3.05, 3.63) is 59.2 Å². The van der Waals surface area contributed by atoms with Crippen LogP contribution in [0.1, 0.15) is 36.0 Å². The number of likely N-dealkylation sites (tertiary alicyclic amines) is 1. The fraction of sp³-hybridized carbons (Fsp3) is 0.440. The molecule has 0 aliphatic carbocycles. The van der Waals surface area contributed by atoms with Gasteiger partial charge in [-0.1, -0.05) is 23.8 Å². The van der Waals surface area contributed by atoms with E-state index in [2.05, 4.69) is 4.72 Å². The average Bonchev–Trinajstić information content (AvgIpc) is 3.17. The van der Waals surface area contributed by atoms with E-state index < -0.39 is 10.0 Å². The Hall–Kier alpha value is -2.71. The minimum Gasteiger partial charge on any atom is -0.342 e. The van der Waals surface area contributed by atoms with Gasteiger partial charge in [0, 0.05) is 37.8 Å². The van der Waals surface area contributed by atoms with E-state index in [1.165, 1.54) is 5.56 Å². The normalized spacial score (nSPS) is 19.8. The number of aryl methyl sites for hydroxylation is 3. The third-order valence-corrected chi connectivity index (χ3v) is 8.27. The minimum atomic E-state index is -3.59. The highest BCUT2D eigenvalue weighted by Gasteiger charge is 2.38. The molecule has 0 aromatic heterocycles. The van der Waals surface area contributed by atoms with Crippen LogP contribution >= 0.6 is 0 Å². The highest BCUT2D eigenvalue weighted by atomic mass is 32.2. The minimum absolute atomic E-state index is 0.0190. The molecule has 33 heavy (non-hydrogen) atoms. The van der Waals surface area contributed by atoms with Gasteiger partial charge in [-0.15, -0.1) is 0 Å². The summed E-state index contributed by atoms with van der Waals surface area (Å²) in [5.41, 5.74) is 4.12. The van der Waals surface area contributed by atoms with E-state index in [1.807, 2.05) is 39.0 Å². The van der Waals surface area contributed by atoms with Crippen molar-refractivity contribution in [1.82, 2.24) is 9.62 Å². The van der Waals surface area contributed by atoms with Gasteiger partial charge in [0.25, 0.3) is 0 Å². The van der Waals surface area contributed by atoms with Crippen molar-refractivity contribution in [2.75, 3.05) is 24.5 Å². The van der Waals surface area contributed by atoms with Crippen LogP contribution in [0.2, 0.25) is 0 Å². The fourth-order valence-corrected chi connectivity index (χ4v) is 5.80. The zero-order chi connectivity index (χ0) is 23.8. The highest BCUT2D eigenvalue weighted by molar-refractivity contribution is 7.89. The maximum atomic E-state index is 13.1. The van der Waals surface area contributed by atoms with Gasteiger partial charge in [-0.25, -0.2) is 13.1 Å². The van der Waals surface area contributed by atoms with Gasteiger partial charge in [0.1, 0.15) is 0 Å². The highest BCUT2D eigenvalue weighted by Crippen LogP contribution is 2.28. The Morgan fingerprint density at radius 3 is 2.27 bits per heavy atom. The van der Waals surface area contributed by atoms with Crippen LogP contribution < -0.4 is 9.62 Å². The maximum absolute atomic E-state index is 13.1. The van der Waals surface area contributed by atoms with Crippen LogP contribution in [-0.4, -0.2) is 50.8 Å². The molecule has 1 N–H and O–H groups in total. The van der Waals surface area contributed by atoms with Crippen LogP contribution in [0.4, 0.5) is 5.69 Å². The van der Waals surface area contributed by atoms with Crippen molar-refractivity contribution < 1.29 is 18.0 Å². The first-order valence-corrected chi connectivity index (χ1v) is 12.9. The Morgan fingerprint density at radius 1 is 0.970 bits per heavy atom. The molecular weight excluding hydrogens is 438 g/mol. The lowest BCUT2D eigenvalue weighted by molar-refractivity contribution is -0.136. The number of anilines is 1. The Morgan fingerprint density at radius 2 is 1.64 bits per heavy atom. The monoisotopic (exact) mass is 469 g/mol. The molecule has 2 fully saturated rings. The zero-order valence-corrected chi connectivity index (χ0v) is 20.2. The van der Waals surface area contributed by atoms with Crippen LogP contribution in [0.3, 0.4) is 0 Å². The largest absolute Gasteiger partial charge is 0.342 e. The average molecular weight is 470 g/mol. The predicted molar refractivity (Wildman–Crippen MR) is 127 cm³/mol. The Kier molecular flexibility index (Phi) is 6.59. The van der Waals surface area contributed by atoms with E-state index >= 15 is 0 Å². The molecule has 2 heterocycles. The molecular formula is C25H31N3O4S. The molecule has 2 saturated heterocycles. The van der Waals surface area contributed by atoms with Gasteiger partial charge in [0.2, 0.25) is 21.8 Å². The van der Waals surface area contributed by atoms with Crippen LogP contribution in [0.15, 0.2) is 47.4 Å². The molecule has 8 heteroatoms. The number of nitrogens with one attached hydrogen (secondary N) is 1. The zero-order valence-electron chi connectivity index (χ0n) is 19.4. The summed E-state index contributed by atoms with van der Waals surface area (Å²) in [6.07, 6.45) is 1.32. The molecule has 0 bridgehead atoms. The maximum Gasteiger partial charge on any atom is 0.240 e. The third kappa shape index (κ3) is 5.12. The van der Waals surface area contributed by atoms with E-state index in [1.54, 1.807) is 34.1 Å². The summed E-state index contributed by atoms with van der Waals surface area (Å²) in [7, 11) is -3.59. The van der Waals surface area contributed by atoms with Crippen molar-refractivity contribution in [3.63, 3.8) is 0 Å². The number of hydrogen-bond acceptors (Lipinski definition) is 4. The predicted octanol–water partition coefficient (Wildman–Crippen LogP) is 2.93. The van der Waals surface area contributed by atoms with Gasteiger partial charge in [-0.3, -0.25) is 9.59 Å². The molecule has 1 atom stereocenters. The van der Waals surface area contributed by atoms with Gasteiger partial charge in [-0.05, 0) is 69.0 Å². The van der Waals surface area contributed by atoms with E-state index in [0.29, 0.717) is 32.5 Å². The van der Waals surface area contributed by atoms with Crippen LogP contribution in [0, 0.1) is 26.7 Å². The first kappa shape index (κ1) is 23.4. The summed E-state index contributed by atoms with van der Waals surface area (Å²) in [4.78, 5) is 29.4. The number of piperidine rings is 1. The Bertz CT molecular complexity index is 1150. The van der Waals surface area contributed by atoms with Gasteiger partial charge in [-0.2, -0.15) is 0 Å². The molecule has 2 aliphatic heterocycles. The van der Waals surface area contributed by atoms with E-state index in [4.69, 9.17) is 0 Å². The summed E-state index contributed by atoms with van der Waals surface area (Å²) in [5.74, 6) is -0.410. The topological polar surface area (TPSA) is 86.8 Å². The second-order valence-corrected chi connectivity index (χ2v) is 10.9. The van der Waals surface area contributed by atoms with Crippen molar-refractivity contribution >= 4 is 27.5 Å². The number of benzene rings is 2. The number of rotatable bonds is 5. The molecule has 2 aliphatic rings. The summed E-state index contributed by atoms with van der Waals surface area (Å²) in [6, 6.07) is 12.5. The summed E-state index contributed by atoms with van der Waals surface area (Å²) in [6.45, 7) is 7.30. The third-order valence-electron chi connectivity index (χ3n) is 6.74. The summed E-state index contributed by atoms with van der Waals surface area (Å²) in [5, 5.41) is 0. The second kappa shape index (κ2) is 9.27. The van der Waals surface area contributed by atoms with Gasteiger partial charge in [0.05, 0.1) is 10.8 Å². The van der Waals surface area contributed by atoms with Crippen LogP contribution in [-0.2, 0) is 19.6 Å². The molecule has 1 unspecified atom stereocenters. The van der Waals surface area contributed by atoms with Gasteiger partial charge < -0.3 is 9.80 Å². The lowest BCUT2D eigenvalue weighted by atomic mass is 10.0. The first-order chi connectivity index (χ1) is 15.6. The van der Waals surface area contributed by atoms with E-state index in [9.17, 15) is 18.0 Å². The lowest BCUT2D eigenvalue weighted by Gasteiger charge is -2.33. The van der Waals surface area contributed by atoms with Gasteiger partial charge >= 0.3 is 0 Å². The molecule has 2 aromatic carbocycles. The molecule has 2 aromatic rings. The lowest BCUT2D eigenvalue weighted by Crippen LogP contribution is -2.48. The quantitative estimate of drug-likeness (QED) is 0.730. The molecule has 0 spiro atoms. The molecule has 2 amide bonds. The van der Waals surface area contributed by atoms with Crippen molar-refractivity contribution in [2.24, 2.45) is 5.92 Å². The first-order valence-electron chi connectivity index (χ1n) is 11.4. The number of hydrogen-bond donors (Lipinski definition) is 1. The number of carbonyl (C=O) groups excluding carboxylic acids is 2. The van der Waals surface area contributed by atoms with E-state index in [-0.39, 0.29) is 35.1 Å². The SMILES string of the molecule is Cc1ccc(S(=O)(=O)NC2CCN(C(=O)C3CC(=O)N(c4ccc(C)c(C)c4)C3)CC2)cc1. The number of sulfonamides is 1. The van der Waals surface area contributed by atoms with Crippen LogP contribution in [0.25, 0.3) is 0 Å². The number of carbonyl (C=O) groups is 2. The second-order valence-electron chi connectivity index (χ2n) is 9.21. The van der Waals surface area contributed by atoms with Crippen molar-refractivity contribution in [3.8, 4) is 0 Å². The summed E-state index contributed by atoms with van der Waals surface area (Å²) >= 11 is 0. The fourth-order valence-electron chi connectivity index (χ4n) is 4.50. The molecule has 4 rings (SSSR count).